The maximum absolute atomic E-state index is 12.8. The molecule has 1 atom stereocenters. The molecule has 0 bridgehead atoms. The fraction of sp³-hybridized carbons (Fsp3) is 0.526. The molecule has 1 aliphatic heterocycles. The van der Waals surface area contributed by atoms with Crippen LogP contribution in [0.3, 0.4) is 0 Å². The lowest BCUT2D eigenvalue weighted by atomic mass is 10.00. The molecule has 0 saturated carbocycles. The number of carbonyl (C=O) groups excluding carboxylic acids is 2. The average Bonchev–Trinajstić information content (AvgIpc) is 2.61. The minimum Gasteiger partial charge on any atom is -0.340 e. The van der Waals surface area contributed by atoms with Gasteiger partial charge in [-0.2, -0.15) is 5.26 Å². The van der Waals surface area contributed by atoms with Gasteiger partial charge in [0.15, 0.2) is 0 Å². The maximum Gasteiger partial charge on any atom is 0.245 e. The normalized spacial score (nSPS) is 17.2. The third-order valence-electron chi connectivity index (χ3n) is 4.42. The third kappa shape index (κ3) is 4.35. The topological polar surface area (TPSA) is 64.4 Å². The van der Waals surface area contributed by atoms with Crippen molar-refractivity contribution in [2.75, 3.05) is 13.6 Å². The van der Waals surface area contributed by atoms with Gasteiger partial charge in [0.2, 0.25) is 11.8 Å². The van der Waals surface area contributed by atoms with Crippen molar-refractivity contribution in [3.63, 3.8) is 0 Å². The lowest BCUT2D eigenvalue weighted by Crippen LogP contribution is -2.52. The number of hydrogen-bond donors (Lipinski definition) is 0. The second-order valence-corrected chi connectivity index (χ2v) is 6.36. The van der Waals surface area contributed by atoms with Gasteiger partial charge in [0.1, 0.15) is 6.04 Å². The molecule has 24 heavy (non-hydrogen) atoms. The smallest absolute Gasteiger partial charge is 0.245 e. The molecule has 0 spiro atoms. The van der Waals surface area contributed by atoms with E-state index in [9.17, 15) is 9.59 Å². The van der Waals surface area contributed by atoms with E-state index in [-0.39, 0.29) is 17.9 Å². The molecule has 1 heterocycles. The van der Waals surface area contributed by atoms with E-state index in [1.54, 1.807) is 29.0 Å². The van der Waals surface area contributed by atoms with Crippen LogP contribution < -0.4 is 0 Å². The Morgan fingerprint density at radius 3 is 2.88 bits per heavy atom. The first-order valence-corrected chi connectivity index (χ1v) is 8.60. The minimum absolute atomic E-state index is 0.0125. The first-order valence-electron chi connectivity index (χ1n) is 8.60. The van der Waals surface area contributed by atoms with Crippen LogP contribution in [0, 0.1) is 11.3 Å². The number of amides is 2. The summed E-state index contributed by atoms with van der Waals surface area (Å²) in [5, 5.41) is 8.98. The van der Waals surface area contributed by atoms with Crippen LogP contribution in [0.1, 0.15) is 50.2 Å². The van der Waals surface area contributed by atoms with Crippen LogP contribution in [0.15, 0.2) is 24.3 Å². The summed E-state index contributed by atoms with van der Waals surface area (Å²) in [7, 11) is 1.76. The predicted octanol–water partition coefficient (Wildman–Crippen LogP) is 2.70. The van der Waals surface area contributed by atoms with E-state index in [0.717, 1.165) is 31.2 Å². The van der Waals surface area contributed by atoms with Crippen molar-refractivity contribution in [3.8, 4) is 6.07 Å². The van der Waals surface area contributed by atoms with Gasteiger partial charge in [-0.15, -0.1) is 0 Å². The molecule has 1 aromatic rings. The highest BCUT2D eigenvalue weighted by atomic mass is 16.2. The van der Waals surface area contributed by atoms with Gasteiger partial charge in [0.05, 0.1) is 11.6 Å². The molecule has 1 aromatic carbocycles. The van der Waals surface area contributed by atoms with Crippen molar-refractivity contribution >= 4 is 11.8 Å². The number of piperidine rings is 1. The number of nitrogens with zero attached hydrogens (tertiary/aromatic N) is 3. The summed E-state index contributed by atoms with van der Waals surface area (Å²) in [4.78, 5) is 28.6. The number of benzene rings is 1. The third-order valence-corrected chi connectivity index (χ3v) is 4.42. The zero-order chi connectivity index (χ0) is 17.5. The quantitative estimate of drug-likeness (QED) is 0.835. The Bertz CT molecular complexity index is 636. The fourth-order valence-corrected chi connectivity index (χ4v) is 3.19. The minimum atomic E-state index is -0.345. The largest absolute Gasteiger partial charge is 0.340 e. The molecule has 0 aliphatic carbocycles. The van der Waals surface area contributed by atoms with Crippen LogP contribution in [-0.4, -0.2) is 41.2 Å². The molecule has 0 radical (unpaired) electrons. The second-order valence-electron chi connectivity index (χ2n) is 6.36. The molecular weight excluding hydrogens is 302 g/mol. The summed E-state index contributed by atoms with van der Waals surface area (Å²) in [6.07, 6.45) is 3.97. The van der Waals surface area contributed by atoms with E-state index < -0.39 is 0 Å². The van der Waals surface area contributed by atoms with Gasteiger partial charge in [-0.1, -0.05) is 19.1 Å². The lowest BCUT2D eigenvalue weighted by molar-refractivity contribution is -0.147. The van der Waals surface area contributed by atoms with Crippen LogP contribution in [-0.2, 0) is 16.1 Å². The average molecular weight is 327 g/mol. The Morgan fingerprint density at radius 2 is 2.17 bits per heavy atom. The number of rotatable bonds is 5. The van der Waals surface area contributed by atoms with Crippen molar-refractivity contribution in [1.82, 2.24) is 9.80 Å². The molecule has 1 fully saturated rings. The Balaban J connectivity index is 2.07. The van der Waals surface area contributed by atoms with Gasteiger partial charge < -0.3 is 9.80 Å². The molecular formula is C19H25N3O2. The zero-order valence-electron chi connectivity index (χ0n) is 14.5. The van der Waals surface area contributed by atoms with Crippen LogP contribution in [0.5, 0.6) is 0 Å². The van der Waals surface area contributed by atoms with Crippen molar-refractivity contribution in [3.05, 3.63) is 35.4 Å². The molecule has 0 N–H and O–H groups in total. The van der Waals surface area contributed by atoms with E-state index in [4.69, 9.17) is 5.26 Å². The summed E-state index contributed by atoms with van der Waals surface area (Å²) >= 11 is 0. The molecule has 1 aliphatic rings. The maximum atomic E-state index is 12.8. The highest BCUT2D eigenvalue weighted by Crippen LogP contribution is 2.21. The Hall–Kier alpha value is -2.35. The van der Waals surface area contributed by atoms with Crippen molar-refractivity contribution in [2.45, 2.75) is 51.6 Å². The van der Waals surface area contributed by atoms with Gasteiger partial charge in [-0.25, -0.2) is 0 Å². The van der Waals surface area contributed by atoms with Crippen LogP contribution >= 0.6 is 0 Å². The first kappa shape index (κ1) is 18.0. The van der Waals surface area contributed by atoms with E-state index in [1.807, 2.05) is 19.1 Å². The van der Waals surface area contributed by atoms with Crippen molar-refractivity contribution in [1.29, 1.82) is 5.26 Å². The number of nitriles is 1. The van der Waals surface area contributed by atoms with Gasteiger partial charge in [-0.05, 0) is 43.4 Å². The first-order chi connectivity index (χ1) is 11.6. The number of hydrogen-bond acceptors (Lipinski definition) is 3. The molecule has 2 amide bonds. The zero-order valence-corrected chi connectivity index (χ0v) is 14.5. The van der Waals surface area contributed by atoms with Crippen LogP contribution in [0.4, 0.5) is 0 Å². The molecule has 2 rings (SSSR count). The summed E-state index contributed by atoms with van der Waals surface area (Å²) in [5.74, 6) is 0.0666. The van der Waals surface area contributed by atoms with Gasteiger partial charge in [0, 0.05) is 26.6 Å². The lowest BCUT2D eigenvalue weighted by Gasteiger charge is -2.37. The molecule has 1 unspecified atom stereocenters. The Labute approximate surface area is 143 Å². The number of carbonyl (C=O) groups is 2. The molecule has 1 saturated heterocycles. The van der Waals surface area contributed by atoms with E-state index in [1.165, 1.54) is 0 Å². The highest BCUT2D eigenvalue weighted by molar-refractivity contribution is 5.87. The van der Waals surface area contributed by atoms with E-state index in [2.05, 4.69) is 6.07 Å². The molecule has 128 valence electrons. The standard InChI is InChI=1S/C19H25N3O2/c1-3-7-18(23)22-11-5-4-10-17(22)19(24)21(2)14-16-9-6-8-15(12-16)13-20/h6,8-9,12,17H,3-5,7,10-11,14H2,1-2H3. The van der Waals surface area contributed by atoms with Gasteiger partial charge in [-0.3, -0.25) is 9.59 Å². The van der Waals surface area contributed by atoms with Crippen LogP contribution in [0.25, 0.3) is 0 Å². The number of likely N-dealkylation sites (N-methyl/N-ethyl adjacent to an activating group) is 1. The van der Waals surface area contributed by atoms with Crippen molar-refractivity contribution < 1.29 is 9.59 Å². The predicted molar refractivity (Wildman–Crippen MR) is 91.9 cm³/mol. The molecule has 0 aromatic heterocycles. The molecule has 5 nitrogen and oxygen atoms in total. The Morgan fingerprint density at radius 1 is 1.38 bits per heavy atom. The summed E-state index contributed by atoms with van der Waals surface area (Å²) in [6, 6.07) is 9.04. The van der Waals surface area contributed by atoms with E-state index >= 15 is 0 Å². The van der Waals surface area contributed by atoms with E-state index in [0.29, 0.717) is 25.1 Å². The van der Waals surface area contributed by atoms with Crippen molar-refractivity contribution in [2.24, 2.45) is 0 Å². The molecule has 5 heteroatoms. The monoisotopic (exact) mass is 327 g/mol. The van der Waals surface area contributed by atoms with Gasteiger partial charge >= 0.3 is 0 Å². The highest BCUT2D eigenvalue weighted by Gasteiger charge is 2.33. The fourth-order valence-electron chi connectivity index (χ4n) is 3.19. The number of likely N-dealkylation sites (tertiary alicyclic amines) is 1. The van der Waals surface area contributed by atoms with Crippen LogP contribution in [0.2, 0.25) is 0 Å². The second kappa shape index (κ2) is 8.49. The SMILES string of the molecule is CCCC(=O)N1CCCCC1C(=O)N(C)Cc1cccc(C#N)c1. The van der Waals surface area contributed by atoms with Gasteiger partial charge in [0.25, 0.3) is 0 Å². The Kier molecular flexibility index (Phi) is 6.36. The summed E-state index contributed by atoms with van der Waals surface area (Å²) in [6.45, 7) is 3.10. The summed E-state index contributed by atoms with van der Waals surface area (Å²) < 4.78 is 0. The summed E-state index contributed by atoms with van der Waals surface area (Å²) in [5.41, 5.74) is 1.51.